The van der Waals surface area contributed by atoms with E-state index in [4.69, 9.17) is 0 Å². The Labute approximate surface area is 124 Å². The molecule has 21 heavy (non-hydrogen) atoms. The maximum absolute atomic E-state index is 12.1. The van der Waals surface area contributed by atoms with Gasteiger partial charge in [-0.3, -0.25) is 4.98 Å². The number of benzene rings is 1. The van der Waals surface area contributed by atoms with Crippen molar-refractivity contribution >= 4 is 11.7 Å². The summed E-state index contributed by atoms with van der Waals surface area (Å²) in [7, 11) is 1.73. The van der Waals surface area contributed by atoms with E-state index in [-0.39, 0.29) is 6.03 Å². The van der Waals surface area contributed by atoms with Gasteiger partial charge in [0.1, 0.15) is 0 Å². The van der Waals surface area contributed by atoms with Crippen LogP contribution >= 0.6 is 0 Å². The molecule has 1 unspecified atom stereocenters. The molecule has 0 fully saturated rings. The number of aliphatic hydroxyl groups excluding tert-OH is 1. The largest absolute Gasteiger partial charge is 0.389 e. The van der Waals surface area contributed by atoms with Gasteiger partial charge in [-0.25, -0.2) is 4.79 Å². The van der Waals surface area contributed by atoms with Crippen LogP contribution in [0.25, 0.3) is 0 Å². The first-order valence-electron chi connectivity index (χ1n) is 6.75. The standard InChI is InChI=1S/C16H19N3O2/c1-12(20)14-4-3-5-15(10-14)18-16(21)19(2)11-13-6-8-17-9-7-13/h3-10,12,20H,11H2,1-2H3,(H,18,21). The predicted molar refractivity (Wildman–Crippen MR) is 81.8 cm³/mol. The number of hydrogen-bond acceptors (Lipinski definition) is 3. The molecule has 0 aliphatic carbocycles. The molecule has 1 aromatic heterocycles. The van der Waals surface area contributed by atoms with Gasteiger partial charge >= 0.3 is 6.03 Å². The number of carbonyl (C=O) groups excluding carboxylic acids is 1. The molecule has 2 N–H and O–H groups in total. The molecule has 1 heterocycles. The molecule has 0 spiro atoms. The van der Waals surface area contributed by atoms with Crippen molar-refractivity contribution in [3.05, 3.63) is 59.9 Å². The van der Waals surface area contributed by atoms with Crippen molar-refractivity contribution in [1.82, 2.24) is 9.88 Å². The van der Waals surface area contributed by atoms with Gasteiger partial charge in [0, 0.05) is 31.7 Å². The highest BCUT2D eigenvalue weighted by molar-refractivity contribution is 5.89. The normalized spacial score (nSPS) is 11.8. The number of aliphatic hydroxyl groups is 1. The summed E-state index contributed by atoms with van der Waals surface area (Å²) in [6.45, 7) is 2.20. The van der Waals surface area contributed by atoms with Gasteiger partial charge in [-0.05, 0) is 42.3 Å². The first kappa shape index (κ1) is 15.0. The molecule has 5 heteroatoms. The molecule has 2 aromatic rings. The number of hydrogen-bond donors (Lipinski definition) is 2. The summed E-state index contributed by atoms with van der Waals surface area (Å²) < 4.78 is 0. The van der Waals surface area contributed by atoms with Gasteiger partial charge < -0.3 is 15.3 Å². The number of anilines is 1. The lowest BCUT2D eigenvalue weighted by Crippen LogP contribution is -2.30. The van der Waals surface area contributed by atoms with Crippen LogP contribution in [0.2, 0.25) is 0 Å². The van der Waals surface area contributed by atoms with E-state index in [9.17, 15) is 9.90 Å². The highest BCUT2D eigenvalue weighted by Crippen LogP contribution is 2.17. The minimum absolute atomic E-state index is 0.199. The third kappa shape index (κ3) is 4.29. The Kier molecular flexibility index (Phi) is 4.90. The number of carbonyl (C=O) groups is 1. The van der Waals surface area contributed by atoms with Gasteiger partial charge in [0.2, 0.25) is 0 Å². The van der Waals surface area contributed by atoms with Crippen molar-refractivity contribution < 1.29 is 9.90 Å². The van der Waals surface area contributed by atoms with Gasteiger partial charge in [0.15, 0.2) is 0 Å². The lowest BCUT2D eigenvalue weighted by atomic mass is 10.1. The molecule has 2 amide bonds. The van der Waals surface area contributed by atoms with Crippen LogP contribution in [0.15, 0.2) is 48.8 Å². The zero-order valence-corrected chi connectivity index (χ0v) is 12.2. The predicted octanol–water partition coefficient (Wildman–Crippen LogP) is 2.80. The highest BCUT2D eigenvalue weighted by atomic mass is 16.3. The van der Waals surface area contributed by atoms with Gasteiger partial charge in [-0.15, -0.1) is 0 Å². The number of nitrogens with one attached hydrogen (secondary N) is 1. The number of pyridine rings is 1. The van der Waals surface area contributed by atoms with E-state index in [1.807, 2.05) is 18.2 Å². The molecule has 5 nitrogen and oxygen atoms in total. The van der Waals surface area contributed by atoms with Crippen LogP contribution < -0.4 is 5.32 Å². The summed E-state index contributed by atoms with van der Waals surface area (Å²) in [5, 5.41) is 12.4. The minimum atomic E-state index is -0.559. The van der Waals surface area contributed by atoms with Crippen molar-refractivity contribution in [2.75, 3.05) is 12.4 Å². The maximum atomic E-state index is 12.1. The third-order valence-electron chi connectivity index (χ3n) is 3.14. The summed E-state index contributed by atoms with van der Waals surface area (Å²) >= 11 is 0. The van der Waals surface area contributed by atoms with Gasteiger partial charge in [-0.1, -0.05) is 12.1 Å². The van der Waals surface area contributed by atoms with Crippen molar-refractivity contribution in [1.29, 1.82) is 0 Å². The van der Waals surface area contributed by atoms with Crippen LogP contribution in [0, 0.1) is 0 Å². The van der Waals surface area contributed by atoms with E-state index in [0.29, 0.717) is 12.2 Å². The van der Waals surface area contributed by atoms with Crippen LogP contribution in [0.5, 0.6) is 0 Å². The van der Waals surface area contributed by atoms with Crippen molar-refractivity contribution in [3.63, 3.8) is 0 Å². The molecular formula is C16H19N3O2. The van der Waals surface area contributed by atoms with E-state index >= 15 is 0 Å². The van der Waals surface area contributed by atoms with E-state index in [1.165, 1.54) is 0 Å². The molecule has 0 aliphatic heterocycles. The number of rotatable bonds is 4. The first-order chi connectivity index (χ1) is 10.1. The second kappa shape index (κ2) is 6.85. The van der Waals surface area contributed by atoms with E-state index in [1.54, 1.807) is 49.5 Å². The molecule has 110 valence electrons. The molecule has 1 aromatic carbocycles. The lowest BCUT2D eigenvalue weighted by molar-refractivity contribution is 0.199. The summed E-state index contributed by atoms with van der Waals surface area (Å²) in [5.41, 5.74) is 2.45. The summed E-state index contributed by atoms with van der Waals surface area (Å²) in [6, 6.07) is 10.7. The minimum Gasteiger partial charge on any atom is -0.389 e. The quantitative estimate of drug-likeness (QED) is 0.907. The Morgan fingerprint density at radius 1 is 1.33 bits per heavy atom. The van der Waals surface area contributed by atoms with E-state index in [2.05, 4.69) is 10.3 Å². The first-order valence-corrected chi connectivity index (χ1v) is 6.75. The number of amides is 2. The maximum Gasteiger partial charge on any atom is 0.321 e. The lowest BCUT2D eigenvalue weighted by Gasteiger charge is -2.18. The fraction of sp³-hybridized carbons (Fsp3) is 0.250. The molecular weight excluding hydrogens is 266 g/mol. The monoisotopic (exact) mass is 285 g/mol. The summed E-state index contributed by atoms with van der Waals surface area (Å²) in [5.74, 6) is 0. The number of urea groups is 1. The van der Waals surface area contributed by atoms with Crippen molar-refractivity contribution in [3.8, 4) is 0 Å². The molecule has 0 bridgehead atoms. The Hall–Kier alpha value is -2.40. The zero-order chi connectivity index (χ0) is 15.2. The fourth-order valence-corrected chi connectivity index (χ4v) is 1.93. The van der Waals surface area contributed by atoms with Crippen LogP contribution in [-0.4, -0.2) is 28.1 Å². The molecule has 0 saturated carbocycles. The zero-order valence-electron chi connectivity index (χ0n) is 12.2. The second-order valence-corrected chi connectivity index (χ2v) is 4.94. The van der Waals surface area contributed by atoms with Gasteiger partial charge in [0.05, 0.1) is 6.10 Å². The molecule has 0 radical (unpaired) electrons. The van der Waals surface area contributed by atoms with Gasteiger partial charge in [-0.2, -0.15) is 0 Å². The van der Waals surface area contributed by atoms with Crippen LogP contribution in [-0.2, 0) is 6.54 Å². The Bertz CT molecular complexity index is 599. The van der Waals surface area contributed by atoms with Gasteiger partial charge in [0.25, 0.3) is 0 Å². The van der Waals surface area contributed by atoms with E-state index < -0.39 is 6.10 Å². The topological polar surface area (TPSA) is 65.5 Å². The van der Waals surface area contributed by atoms with Crippen molar-refractivity contribution in [2.24, 2.45) is 0 Å². The summed E-state index contributed by atoms with van der Waals surface area (Å²) in [6.07, 6.45) is 2.84. The molecule has 0 aliphatic rings. The average Bonchev–Trinajstić information content (AvgIpc) is 2.48. The SMILES string of the molecule is CC(O)c1cccc(NC(=O)N(C)Cc2ccncc2)c1. The third-order valence-corrected chi connectivity index (χ3v) is 3.14. The highest BCUT2D eigenvalue weighted by Gasteiger charge is 2.10. The summed E-state index contributed by atoms with van der Waals surface area (Å²) in [4.78, 5) is 17.7. The Balaban J connectivity index is 1.99. The second-order valence-electron chi connectivity index (χ2n) is 4.94. The molecule has 0 saturated heterocycles. The fourth-order valence-electron chi connectivity index (χ4n) is 1.93. The van der Waals surface area contributed by atoms with E-state index in [0.717, 1.165) is 11.1 Å². The number of nitrogens with zero attached hydrogens (tertiary/aromatic N) is 2. The van der Waals surface area contributed by atoms with Crippen LogP contribution in [0.4, 0.5) is 10.5 Å². The van der Waals surface area contributed by atoms with Crippen molar-refractivity contribution in [2.45, 2.75) is 19.6 Å². The average molecular weight is 285 g/mol. The van der Waals surface area contributed by atoms with Crippen LogP contribution in [0.3, 0.4) is 0 Å². The number of aromatic nitrogens is 1. The molecule has 2 rings (SSSR count). The van der Waals surface area contributed by atoms with Crippen LogP contribution in [0.1, 0.15) is 24.2 Å². The Morgan fingerprint density at radius 2 is 2.05 bits per heavy atom. The Morgan fingerprint density at radius 3 is 2.71 bits per heavy atom. The smallest absolute Gasteiger partial charge is 0.321 e. The molecule has 1 atom stereocenters.